The van der Waals surface area contributed by atoms with Crippen molar-refractivity contribution < 1.29 is 19.4 Å². The lowest BCUT2D eigenvalue weighted by Gasteiger charge is -2.31. The number of hydrogen-bond donors (Lipinski definition) is 1. The number of likely N-dealkylation sites (tertiary alicyclic amines) is 1. The van der Waals surface area contributed by atoms with Crippen LogP contribution < -0.4 is 4.74 Å². The van der Waals surface area contributed by atoms with Gasteiger partial charge in [0.1, 0.15) is 5.75 Å². The zero-order valence-corrected chi connectivity index (χ0v) is 13.8. The molecule has 0 bridgehead atoms. The average Bonchev–Trinajstić information content (AvgIpc) is 2.53. The van der Waals surface area contributed by atoms with Crippen LogP contribution >= 0.6 is 0 Å². The van der Waals surface area contributed by atoms with E-state index in [2.05, 4.69) is 13.8 Å². The molecule has 1 N–H and O–H groups in total. The van der Waals surface area contributed by atoms with Crippen molar-refractivity contribution in [2.45, 2.75) is 33.1 Å². The molecule has 1 fully saturated rings. The normalized spacial score (nSPS) is 15.7. The fourth-order valence-corrected chi connectivity index (χ4v) is 2.73. The third kappa shape index (κ3) is 5.27. The van der Waals surface area contributed by atoms with Crippen molar-refractivity contribution >= 4 is 11.9 Å². The molecule has 2 rings (SSSR count). The van der Waals surface area contributed by atoms with Crippen LogP contribution in [-0.4, -0.2) is 41.6 Å². The molecule has 1 aliphatic heterocycles. The molecular formula is C18H25NO4. The van der Waals surface area contributed by atoms with Gasteiger partial charge in [-0.3, -0.25) is 9.59 Å². The summed E-state index contributed by atoms with van der Waals surface area (Å²) in [7, 11) is 0. The minimum Gasteiger partial charge on any atom is -0.493 e. The Balaban J connectivity index is 1.87. The minimum atomic E-state index is -0.758. The minimum absolute atomic E-state index is 0.00850. The van der Waals surface area contributed by atoms with Gasteiger partial charge in [-0.2, -0.15) is 0 Å². The summed E-state index contributed by atoms with van der Waals surface area (Å²) in [6.45, 7) is 6.09. The van der Waals surface area contributed by atoms with Crippen LogP contribution in [0.4, 0.5) is 0 Å². The van der Waals surface area contributed by atoms with Crippen LogP contribution in [0.25, 0.3) is 0 Å². The van der Waals surface area contributed by atoms with Gasteiger partial charge >= 0.3 is 5.97 Å². The van der Waals surface area contributed by atoms with Gasteiger partial charge in [0.05, 0.1) is 6.61 Å². The number of carboxylic acids is 1. The highest BCUT2D eigenvalue weighted by Gasteiger charge is 2.24. The molecule has 0 radical (unpaired) electrons. The Morgan fingerprint density at radius 3 is 2.35 bits per heavy atom. The van der Waals surface area contributed by atoms with Crippen molar-refractivity contribution in [1.82, 2.24) is 4.90 Å². The summed E-state index contributed by atoms with van der Waals surface area (Å²) < 4.78 is 5.62. The van der Waals surface area contributed by atoms with Gasteiger partial charge in [-0.25, -0.2) is 0 Å². The number of hydrogen-bond acceptors (Lipinski definition) is 3. The van der Waals surface area contributed by atoms with Crippen LogP contribution in [0.5, 0.6) is 5.75 Å². The van der Waals surface area contributed by atoms with Crippen LogP contribution in [0, 0.1) is 11.8 Å². The summed E-state index contributed by atoms with van der Waals surface area (Å²) in [6.07, 6.45) is 1.71. The first-order valence-electron chi connectivity index (χ1n) is 8.19. The number of carboxylic acid groups (broad SMARTS) is 1. The lowest BCUT2D eigenvalue weighted by molar-refractivity contribution is -0.138. The SMILES string of the molecule is CC(C)COc1ccc(C(=O)N2CCC(CC(=O)O)CC2)cc1. The maximum Gasteiger partial charge on any atom is 0.303 e. The quantitative estimate of drug-likeness (QED) is 0.875. The molecule has 1 heterocycles. The van der Waals surface area contributed by atoms with Crippen molar-refractivity contribution in [3.63, 3.8) is 0 Å². The van der Waals surface area contributed by atoms with E-state index in [9.17, 15) is 9.59 Å². The fourth-order valence-electron chi connectivity index (χ4n) is 2.73. The van der Waals surface area contributed by atoms with Gasteiger partial charge in [0.15, 0.2) is 0 Å². The van der Waals surface area contributed by atoms with Crippen molar-refractivity contribution in [1.29, 1.82) is 0 Å². The lowest BCUT2D eigenvalue weighted by Crippen LogP contribution is -2.38. The van der Waals surface area contributed by atoms with E-state index in [0.29, 0.717) is 31.2 Å². The Hall–Kier alpha value is -2.04. The van der Waals surface area contributed by atoms with Crippen LogP contribution in [0.15, 0.2) is 24.3 Å². The molecule has 1 aromatic carbocycles. The summed E-state index contributed by atoms with van der Waals surface area (Å²) in [4.78, 5) is 25.0. The lowest BCUT2D eigenvalue weighted by atomic mass is 9.93. The van der Waals surface area contributed by atoms with Crippen LogP contribution in [-0.2, 0) is 4.79 Å². The second-order valence-corrected chi connectivity index (χ2v) is 6.56. The third-order valence-electron chi connectivity index (χ3n) is 4.05. The Bertz CT molecular complexity index is 530. The number of benzene rings is 1. The predicted molar refractivity (Wildman–Crippen MR) is 87.7 cm³/mol. The van der Waals surface area contributed by atoms with Gasteiger partial charge in [0.2, 0.25) is 0 Å². The number of aliphatic carboxylic acids is 1. The highest BCUT2D eigenvalue weighted by molar-refractivity contribution is 5.94. The van der Waals surface area contributed by atoms with Crippen LogP contribution in [0.1, 0.15) is 43.5 Å². The largest absolute Gasteiger partial charge is 0.493 e. The topological polar surface area (TPSA) is 66.8 Å². The van der Waals surface area contributed by atoms with Gasteiger partial charge in [-0.1, -0.05) is 13.8 Å². The predicted octanol–water partition coefficient (Wildman–Crippen LogP) is 3.05. The number of rotatable bonds is 6. The van der Waals surface area contributed by atoms with Crippen molar-refractivity contribution in [3.05, 3.63) is 29.8 Å². The van der Waals surface area contributed by atoms with E-state index in [1.165, 1.54) is 0 Å². The number of ether oxygens (including phenoxy) is 1. The van der Waals surface area contributed by atoms with Gasteiger partial charge in [0.25, 0.3) is 5.91 Å². The molecule has 0 aliphatic carbocycles. The van der Waals surface area contributed by atoms with E-state index in [4.69, 9.17) is 9.84 Å². The maximum absolute atomic E-state index is 12.5. The standard InChI is InChI=1S/C18H25NO4/c1-13(2)12-23-16-5-3-15(4-6-16)18(22)19-9-7-14(8-10-19)11-17(20)21/h3-6,13-14H,7-12H2,1-2H3,(H,20,21). The van der Waals surface area contributed by atoms with E-state index >= 15 is 0 Å². The number of nitrogens with zero attached hydrogens (tertiary/aromatic N) is 1. The second kappa shape index (κ2) is 7.99. The number of carbonyl (C=O) groups excluding carboxylic acids is 1. The summed E-state index contributed by atoms with van der Waals surface area (Å²) in [5.74, 6) is 0.670. The summed E-state index contributed by atoms with van der Waals surface area (Å²) in [5, 5.41) is 8.83. The van der Waals surface area contributed by atoms with Crippen molar-refractivity contribution in [2.75, 3.05) is 19.7 Å². The van der Waals surface area contributed by atoms with E-state index < -0.39 is 5.97 Å². The molecule has 5 nitrogen and oxygen atoms in total. The molecule has 1 amide bonds. The molecule has 1 aliphatic rings. The van der Waals surface area contributed by atoms with E-state index in [1.54, 1.807) is 12.1 Å². The molecule has 0 spiro atoms. The zero-order valence-electron chi connectivity index (χ0n) is 13.8. The Morgan fingerprint density at radius 1 is 1.22 bits per heavy atom. The number of piperidine rings is 1. The summed E-state index contributed by atoms with van der Waals surface area (Å²) >= 11 is 0. The molecule has 0 aromatic heterocycles. The molecule has 0 atom stereocenters. The highest BCUT2D eigenvalue weighted by atomic mass is 16.5. The molecule has 0 saturated carbocycles. The molecule has 0 unspecified atom stereocenters. The van der Waals surface area contributed by atoms with E-state index in [1.807, 2.05) is 17.0 Å². The smallest absolute Gasteiger partial charge is 0.303 e. The Labute approximate surface area is 137 Å². The molecule has 23 heavy (non-hydrogen) atoms. The second-order valence-electron chi connectivity index (χ2n) is 6.56. The van der Waals surface area contributed by atoms with Gasteiger partial charge < -0.3 is 14.7 Å². The van der Waals surface area contributed by atoms with E-state index in [-0.39, 0.29) is 18.2 Å². The average molecular weight is 319 g/mol. The third-order valence-corrected chi connectivity index (χ3v) is 4.05. The molecule has 126 valence electrons. The molecular weight excluding hydrogens is 294 g/mol. The first kappa shape index (κ1) is 17.3. The molecule has 5 heteroatoms. The zero-order chi connectivity index (χ0) is 16.8. The van der Waals surface area contributed by atoms with Crippen molar-refractivity contribution in [3.8, 4) is 5.75 Å². The summed E-state index contributed by atoms with van der Waals surface area (Å²) in [5.41, 5.74) is 0.651. The monoisotopic (exact) mass is 319 g/mol. The van der Waals surface area contributed by atoms with Crippen LogP contribution in [0.2, 0.25) is 0 Å². The summed E-state index contributed by atoms with van der Waals surface area (Å²) in [6, 6.07) is 7.24. The first-order valence-corrected chi connectivity index (χ1v) is 8.19. The maximum atomic E-state index is 12.5. The van der Waals surface area contributed by atoms with Crippen LogP contribution in [0.3, 0.4) is 0 Å². The number of carbonyl (C=O) groups is 2. The molecule has 1 aromatic rings. The van der Waals surface area contributed by atoms with Gasteiger partial charge in [0, 0.05) is 25.1 Å². The Morgan fingerprint density at radius 2 is 1.83 bits per heavy atom. The van der Waals surface area contributed by atoms with Crippen molar-refractivity contribution in [2.24, 2.45) is 11.8 Å². The van der Waals surface area contributed by atoms with Gasteiger partial charge in [-0.15, -0.1) is 0 Å². The molecule has 1 saturated heterocycles. The Kier molecular flexibility index (Phi) is 6.02. The van der Waals surface area contributed by atoms with E-state index in [0.717, 1.165) is 18.6 Å². The fraction of sp³-hybridized carbons (Fsp3) is 0.556. The van der Waals surface area contributed by atoms with Gasteiger partial charge in [-0.05, 0) is 48.9 Å². The number of amides is 1. The highest BCUT2D eigenvalue weighted by Crippen LogP contribution is 2.22. The first-order chi connectivity index (χ1) is 11.0.